The summed E-state index contributed by atoms with van der Waals surface area (Å²) in [5, 5.41) is 4.03. The van der Waals surface area contributed by atoms with Gasteiger partial charge in [-0.05, 0) is 13.8 Å². The molecule has 126 valence electrons. The Kier molecular flexibility index (Phi) is 4.17. The molecular formula is C13H18N4O5S. The van der Waals surface area contributed by atoms with Crippen molar-refractivity contribution in [2.24, 2.45) is 5.73 Å². The number of nitrogens with zero attached hydrogens (tertiary/aromatic N) is 3. The van der Waals surface area contributed by atoms with Gasteiger partial charge in [0.1, 0.15) is 18.5 Å². The molecule has 1 amide bonds. The second kappa shape index (κ2) is 5.86. The predicted molar refractivity (Wildman–Crippen MR) is 79.4 cm³/mol. The summed E-state index contributed by atoms with van der Waals surface area (Å²) < 4.78 is 19.1. The van der Waals surface area contributed by atoms with Crippen LogP contribution in [-0.4, -0.2) is 55.6 Å². The van der Waals surface area contributed by atoms with E-state index in [0.29, 0.717) is 5.75 Å². The number of amides is 1. The summed E-state index contributed by atoms with van der Waals surface area (Å²) in [7, 11) is 0. The van der Waals surface area contributed by atoms with E-state index in [1.807, 2.05) is 13.8 Å². The monoisotopic (exact) mass is 342 g/mol. The van der Waals surface area contributed by atoms with E-state index in [1.165, 1.54) is 29.7 Å². The van der Waals surface area contributed by atoms with Gasteiger partial charge in [-0.1, -0.05) is 11.8 Å². The second-order valence-electron chi connectivity index (χ2n) is 5.84. The van der Waals surface area contributed by atoms with Crippen molar-refractivity contribution in [1.29, 1.82) is 0 Å². The summed E-state index contributed by atoms with van der Waals surface area (Å²) in [5.74, 6) is -1.12. The van der Waals surface area contributed by atoms with Crippen molar-refractivity contribution in [3.8, 4) is 0 Å². The molecule has 1 aromatic heterocycles. The second-order valence-corrected chi connectivity index (χ2v) is 7.04. The van der Waals surface area contributed by atoms with Crippen LogP contribution >= 0.6 is 11.8 Å². The quantitative estimate of drug-likeness (QED) is 0.817. The van der Waals surface area contributed by atoms with Gasteiger partial charge in [0.25, 0.3) is 5.91 Å². The zero-order valence-corrected chi connectivity index (χ0v) is 13.8. The maximum Gasteiger partial charge on any atom is 0.288 e. The Morgan fingerprint density at radius 2 is 2.09 bits per heavy atom. The summed E-state index contributed by atoms with van der Waals surface area (Å²) in [6.45, 7) is 5.13. The number of thioether (sulfide) groups is 1. The zero-order valence-electron chi connectivity index (χ0n) is 13.0. The summed E-state index contributed by atoms with van der Waals surface area (Å²) in [6, 6.07) is 0. The molecule has 1 unspecified atom stereocenters. The third kappa shape index (κ3) is 3.25. The highest BCUT2D eigenvalue weighted by Crippen LogP contribution is 2.43. The fourth-order valence-corrected chi connectivity index (χ4v) is 3.38. The van der Waals surface area contributed by atoms with Crippen molar-refractivity contribution in [3.05, 3.63) is 12.2 Å². The van der Waals surface area contributed by atoms with Crippen LogP contribution in [0.2, 0.25) is 0 Å². The third-order valence-corrected chi connectivity index (χ3v) is 4.47. The molecule has 2 fully saturated rings. The van der Waals surface area contributed by atoms with Gasteiger partial charge >= 0.3 is 0 Å². The molecule has 3 rings (SSSR count). The number of carbonyl (C=O) groups excluding carboxylic acids is 2. The molecule has 0 spiro atoms. The molecule has 0 bridgehead atoms. The Morgan fingerprint density at radius 1 is 1.39 bits per heavy atom. The van der Waals surface area contributed by atoms with Crippen molar-refractivity contribution in [2.45, 2.75) is 51.1 Å². The SMILES string of the molecule is CC(=O)SC[C@H]1OC(n2cnc(C(N)=O)n2)[C@@H]2OC(C)(C)O[C@H]12. The molecule has 0 aromatic carbocycles. The highest BCUT2D eigenvalue weighted by molar-refractivity contribution is 8.13. The maximum atomic E-state index is 11.2. The van der Waals surface area contributed by atoms with Crippen LogP contribution in [0, 0.1) is 0 Å². The largest absolute Gasteiger partial charge is 0.363 e. The molecule has 23 heavy (non-hydrogen) atoms. The average Bonchev–Trinajstić information content (AvgIpc) is 3.09. The summed E-state index contributed by atoms with van der Waals surface area (Å²) >= 11 is 1.17. The Bertz CT molecular complexity index is 634. The smallest absolute Gasteiger partial charge is 0.288 e. The molecule has 10 heteroatoms. The molecule has 0 radical (unpaired) electrons. The molecule has 2 saturated heterocycles. The van der Waals surface area contributed by atoms with Crippen LogP contribution in [0.5, 0.6) is 0 Å². The van der Waals surface area contributed by atoms with Crippen molar-refractivity contribution in [3.63, 3.8) is 0 Å². The van der Waals surface area contributed by atoms with E-state index >= 15 is 0 Å². The molecule has 1 aromatic rings. The minimum absolute atomic E-state index is 0.00328. The topological polar surface area (TPSA) is 119 Å². The number of primary amides is 1. The standard InChI is InChI=1S/C13H18N4O5S/c1-6(18)23-4-7-8-9(22-13(2,3)21-8)12(20-7)17-5-15-11(16-17)10(14)19/h5,7-9,12H,4H2,1-3H3,(H2,14,19)/t7-,8-,9-,12?/m1/s1. The van der Waals surface area contributed by atoms with Gasteiger partial charge in [-0.2, -0.15) is 0 Å². The van der Waals surface area contributed by atoms with Crippen molar-refractivity contribution in [1.82, 2.24) is 14.8 Å². The van der Waals surface area contributed by atoms with Crippen LogP contribution in [0.15, 0.2) is 6.33 Å². The minimum atomic E-state index is -0.760. The molecule has 2 aliphatic heterocycles. The van der Waals surface area contributed by atoms with Crippen LogP contribution in [0.25, 0.3) is 0 Å². The van der Waals surface area contributed by atoms with E-state index in [4.69, 9.17) is 19.9 Å². The lowest BCUT2D eigenvalue weighted by molar-refractivity contribution is -0.195. The number of ether oxygens (including phenoxy) is 3. The lowest BCUT2D eigenvalue weighted by Crippen LogP contribution is -2.31. The Hall–Kier alpha value is -1.49. The summed E-state index contributed by atoms with van der Waals surface area (Å²) in [6.07, 6.45) is -0.299. The average molecular weight is 342 g/mol. The van der Waals surface area contributed by atoms with E-state index in [-0.39, 0.29) is 23.1 Å². The van der Waals surface area contributed by atoms with Gasteiger partial charge in [-0.3, -0.25) is 9.59 Å². The number of hydrogen-bond donors (Lipinski definition) is 1. The van der Waals surface area contributed by atoms with Crippen LogP contribution in [0.1, 0.15) is 37.6 Å². The Morgan fingerprint density at radius 3 is 2.70 bits per heavy atom. The first-order valence-corrected chi connectivity index (χ1v) is 8.11. The first-order chi connectivity index (χ1) is 10.8. The molecule has 0 saturated carbocycles. The van der Waals surface area contributed by atoms with Crippen molar-refractivity contribution < 1.29 is 23.8 Å². The number of nitrogens with two attached hydrogens (primary N) is 1. The summed E-state index contributed by atoms with van der Waals surface area (Å²) in [5.41, 5.74) is 5.17. The molecule has 4 atom stereocenters. The van der Waals surface area contributed by atoms with Gasteiger partial charge in [-0.25, -0.2) is 9.67 Å². The van der Waals surface area contributed by atoms with Gasteiger partial charge in [0.15, 0.2) is 17.1 Å². The first-order valence-electron chi connectivity index (χ1n) is 7.12. The van der Waals surface area contributed by atoms with E-state index in [0.717, 1.165) is 0 Å². The van der Waals surface area contributed by atoms with Crippen LogP contribution in [0.3, 0.4) is 0 Å². The maximum absolute atomic E-state index is 11.2. The highest BCUT2D eigenvalue weighted by atomic mass is 32.2. The molecule has 9 nitrogen and oxygen atoms in total. The van der Waals surface area contributed by atoms with E-state index in [2.05, 4.69) is 10.1 Å². The number of hydrogen-bond acceptors (Lipinski definition) is 8. The van der Waals surface area contributed by atoms with Crippen LogP contribution in [0.4, 0.5) is 0 Å². The van der Waals surface area contributed by atoms with E-state index in [1.54, 1.807) is 0 Å². The minimum Gasteiger partial charge on any atom is -0.363 e. The Labute approximate surface area is 136 Å². The number of aromatic nitrogens is 3. The first kappa shape index (κ1) is 16.4. The summed E-state index contributed by atoms with van der Waals surface area (Å²) in [4.78, 5) is 26.2. The third-order valence-electron chi connectivity index (χ3n) is 3.57. The predicted octanol–water partition coefficient (Wildman–Crippen LogP) is 0.0742. The van der Waals surface area contributed by atoms with Crippen LogP contribution in [-0.2, 0) is 19.0 Å². The molecule has 2 aliphatic rings. The lowest BCUT2D eigenvalue weighted by atomic mass is 10.1. The zero-order chi connectivity index (χ0) is 16.8. The molecule has 2 N–H and O–H groups in total. The number of fused-ring (bicyclic) bond motifs is 1. The molecular weight excluding hydrogens is 324 g/mol. The van der Waals surface area contributed by atoms with Gasteiger partial charge in [0, 0.05) is 12.7 Å². The highest BCUT2D eigenvalue weighted by Gasteiger charge is 2.56. The Balaban J connectivity index is 1.82. The van der Waals surface area contributed by atoms with Gasteiger partial charge in [0.05, 0.1) is 6.10 Å². The fourth-order valence-electron chi connectivity index (χ4n) is 2.72. The van der Waals surface area contributed by atoms with Gasteiger partial charge in [-0.15, -0.1) is 5.10 Å². The van der Waals surface area contributed by atoms with Crippen molar-refractivity contribution in [2.75, 3.05) is 5.75 Å². The molecule has 3 heterocycles. The van der Waals surface area contributed by atoms with E-state index in [9.17, 15) is 9.59 Å². The fraction of sp³-hybridized carbons (Fsp3) is 0.692. The van der Waals surface area contributed by atoms with Crippen LogP contribution < -0.4 is 5.73 Å². The molecule has 0 aliphatic carbocycles. The van der Waals surface area contributed by atoms with Gasteiger partial charge in [0.2, 0.25) is 5.82 Å². The normalized spacial score (nSPS) is 32.0. The lowest BCUT2D eigenvalue weighted by Gasteiger charge is -2.23. The number of rotatable bonds is 4. The van der Waals surface area contributed by atoms with Gasteiger partial charge < -0.3 is 19.9 Å². The van der Waals surface area contributed by atoms with Crippen molar-refractivity contribution >= 4 is 22.8 Å². The van der Waals surface area contributed by atoms with E-state index < -0.39 is 24.0 Å². The number of carbonyl (C=O) groups is 2.